The maximum atomic E-state index is 13.2. The summed E-state index contributed by atoms with van der Waals surface area (Å²) in [7, 11) is -3.46. The van der Waals surface area contributed by atoms with Crippen LogP contribution in [0.3, 0.4) is 0 Å². The van der Waals surface area contributed by atoms with Gasteiger partial charge in [0, 0.05) is 23.7 Å². The second kappa shape index (κ2) is 7.81. The number of aromatic nitrogens is 2. The quantitative estimate of drug-likeness (QED) is 0.672. The van der Waals surface area contributed by atoms with E-state index in [1.54, 1.807) is 10.4 Å². The summed E-state index contributed by atoms with van der Waals surface area (Å²) in [6.45, 7) is 4.99. The molecule has 1 saturated heterocycles. The predicted molar refractivity (Wildman–Crippen MR) is 113 cm³/mol. The monoisotopic (exact) mass is 415 g/mol. The Hall–Kier alpha value is -1.96. The molecule has 4 rings (SSSR count). The SMILES string of the molecule is Cc1cc(-c2cc(S(=O)(=O)N3CCC(Cc4ccccc4)CC3)c(C)s2)n[nH]1. The standard InChI is InChI=1S/C21H25N3O2S2/c1-15-12-19(23-22-15)20-14-21(16(2)27-20)28(25,26)24-10-8-18(9-11-24)13-17-6-4-3-5-7-17/h3-7,12,14,18H,8-11,13H2,1-2H3,(H,22,23). The summed E-state index contributed by atoms with van der Waals surface area (Å²) in [4.78, 5) is 2.14. The van der Waals surface area contributed by atoms with Gasteiger partial charge in [0.25, 0.3) is 0 Å². The maximum absolute atomic E-state index is 13.2. The lowest BCUT2D eigenvalue weighted by Crippen LogP contribution is -2.38. The fraction of sp³-hybridized carbons (Fsp3) is 0.381. The van der Waals surface area contributed by atoms with E-state index in [4.69, 9.17) is 0 Å². The number of nitrogens with zero attached hydrogens (tertiary/aromatic N) is 2. The summed E-state index contributed by atoms with van der Waals surface area (Å²) in [6.07, 6.45) is 2.83. The van der Waals surface area contributed by atoms with Crippen molar-refractivity contribution in [3.05, 3.63) is 58.6 Å². The smallest absolute Gasteiger partial charge is 0.244 e. The number of thiophene rings is 1. The number of aryl methyl sites for hydroxylation is 2. The van der Waals surface area contributed by atoms with Crippen LogP contribution in [0.5, 0.6) is 0 Å². The molecule has 2 aromatic heterocycles. The summed E-state index contributed by atoms with van der Waals surface area (Å²) >= 11 is 1.49. The molecule has 1 aliphatic heterocycles. The second-order valence-corrected chi connectivity index (χ2v) is 10.7. The van der Waals surface area contributed by atoms with Crippen molar-refractivity contribution in [1.29, 1.82) is 0 Å². The van der Waals surface area contributed by atoms with Crippen molar-refractivity contribution in [1.82, 2.24) is 14.5 Å². The number of hydrogen-bond acceptors (Lipinski definition) is 4. The third-order valence-electron chi connectivity index (χ3n) is 5.39. The summed E-state index contributed by atoms with van der Waals surface area (Å²) < 4.78 is 28.1. The summed E-state index contributed by atoms with van der Waals surface area (Å²) in [6, 6.07) is 14.2. The Balaban J connectivity index is 1.47. The number of nitrogens with one attached hydrogen (secondary N) is 1. The first-order valence-corrected chi connectivity index (χ1v) is 11.9. The van der Waals surface area contributed by atoms with Gasteiger partial charge in [-0.1, -0.05) is 30.3 Å². The Kier molecular flexibility index (Phi) is 5.40. The van der Waals surface area contributed by atoms with Crippen LogP contribution in [0.25, 0.3) is 10.6 Å². The van der Waals surface area contributed by atoms with Gasteiger partial charge in [0.05, 0.1) is 9.77 Å². The number of piperidine rings is 1. The van der Waals surface area contributed by atoms with Crippen LogP contribution in [0.1, 0.15) is 29.0 Å². The van der Waals surface area contributed by atoms with Crippen molar-refractivity contribution in [2.45, 2.75) is 38.0 Å². The molecule has 0 saturated carbocycles. The van der Waals surface area contributed by atoms with Crippen molar-refractivity contribution in [3.8, 4) is 10.6 Å². The van der Waals surface area contributed by atoms with Gasteiger partial charge in [-0.25, -0.2) is 8.42 Å². The Bertz CT molecular complexity index is 1050. The van der Waals surface area contributed by atoms with Crippen molar-refractivity contribution < 1.29 is 8.42 Å². The number of aromatic amines is 1. The van der Waals surface area contributed by atoms with Crippen molar-refractivity contribution in [3.63, 3.8) is 0 Å². The average Bonchev–Trinajstić information content (AvgIpc) is 3.29. The molecule has 0 radical (unpaired) electrons. The van der Waals surface area contributed by atoms with E-state index in [1.807, 2.05) is 26.0 Å². The second-order valence-electron chi connectivity index (χ2n) is 7.50. The van der Waals surface area contributed by atoms with Gasteiger partial charge in [-0.2, -0.15) is 9.40 Å². The highest BCUT2D eigenvalue weighted by Gasteiger charge is 2.31. The number of hydrogen-bond donors (Lipinski definition) is 1. The van der Waals surface area contributed by atoms with E-state index in [1.165, 1.54) is 16.9 Å². The highest BCUT2D eigenvalue weighted by atomic mass is 32.2. The first-order valence-electron chi connectivity index (χ1n) is 9.60. The summed E-state index contributed by atoms with van der Waals surface area (Å²) in [5, 5.41) is 7.18. The molecule has 0 amide bonds. The van der Waals surface area contributed by atoms with Gasteiger partial charge in [-0.3, -0.25) is 5.10 Å². The minimum Gasteiger partial charge on any atom is -0.282 e. The number of rotatable bonds is 5. The van der Waals surface area contributed by atoms with E-state index in [-0.39, 0.29) is 0 Å². The lowest BCUT2D eigenvalue weighted by Gasteiger charge is -2.31. The highest BCUT2D eigenvalue weighted by Crippen LogP contribution is 2.35. The third-order valence-corrected chi connectivity index (χ3v) is 8.62. The normalized spacial score (nSPS) is 16.5. The van der Waals surface area contributed by atoms with Gasteiger partial charge in [0.2, 0.25) is 10.0 Å². The molecule has 0 aliphatic carbocycles. The zero-order valence-corrected chi connectivity index (χ0v) is 17.8. The molecule has 1 fully saturated rings. The van der Waals surface area contributed by atoms with E-state index >= 15 is 0 Å². The van der Waals surface area contributed by atoms with Crippen LogP contribution in [-0.4, -0.2) is 36.0 Å². The lowest BCUT2D eigenvalue weighted by molar-refractivity contribution is 0.273. The Morgan fingerprint density at radius 2 is 1.86 bits per heavy atom. The lowest BCUT2D eigenvalue weighted by atomic mass is 9.91. The van der Waals surface area contributed by atoms with Crippen molar-refractivity contribution in [2.24, 2.45) is 5.92 Å². The van der Waals surface area contributed by atoms with E-state index in [2.05, 4.69) is 34.5 Å². The molecule has 28 heavy (non-hydrogen) atoms. The maximum Gasteiger partial charge on any atom is 0.244 e. The molecule has 0 bridgehead atoms. The third kappa shape index (κ3) is 3.92. The van der Waals surface area contributed by atoms with Crippen LogP contribution >= 0.6 is 11.3 Å². The number of H-pyrrole nitrogens is 1. The number of benzene rings is 1. The molecule has 0 atom stereocenters. The van der Waals surface area contributed by atoms with Crippen LogP contribution in [0.2, 0.25) is 0 Å². The average molecular weight is 416 g/mol. The molecule has 1 aromatic carbocycles. The Morgan fingerprint density at radius 1 is 1.14 bits per heavy atom. The molecular formula is C21H25N3O2S2. The van der Waals surface area contributed by atoms with E-state index in [9.17, 15) is 8.42 Å². The Morgan fingerprint density at radius 3 is 2.50 bits per heavy atom. The molecule has 3 aromatic rings. The van der Waals surface area contributed by atoms with Crippen LogP contribution in [0.15, 0.2) is 47.4 Å². The molecule has 148 valence electrons. The van der Waals surface area contributed by atoms with Gasteiger partial charge < -0.3 is 0 Å². The van der Waals surface area contributed by atoms with Crippen LogP contribution in [0, 0.1) is 19.8 Å². The van der Waals surface area contributed by atoms with Crippen molar-refractivity contribution >= 4 is 21.4 Å². The van der Waals surface area contributed by atoms with Gasteiger partial charge in [0.15, 0.2) is 0 Å². The molecule has 1 N–H and O–H groups in total. The molecule has 7 heteroatoms. The van der Waals surface area contributed by atoms with Crippen LogP contribution in [-0.2, 0) is 16.4 Å². The van der Waals surface area contributed by atoms with E-state index in [0.717, 1.165) is 40.4 Å². The molecule has 0 unspecified atom stereocenters. The first-order chi connectivity index (χ1) is 13.4. The topological polar surface area (TPSA) is 66.1 Å². The molecule has 0 spiro atoms. The van der Waals surface area contributed by atoms with Gasteiger partial charge in [-0.05, 0) is 56.7 Å². The molecule has 3 heterocycles. The van der Waals surface area contributed by atoms with Gasteiger partial charge in [-0.15, -0.1) is 11.3 Å². The van der Waals surface area contributed by atoms with Gasteiger partial charge >= 0.3 is 0 Å². The first kappa shape index (κ1) is 19.4. The molecule has 5 nitrogen and oxygen atoms in total. The van der Waals surface area contributed by atoms with Crippen LogP contribution in [0.4, 0.5) is 0 Å². The summed E-state index contributed by atoms with van der Waals surface area (Å²) in [5.74, 6) is 0.542. The van der Waals surface area contributed by atoms with E-state index < -0.39 is 10.0 Å². The zero-order valence-electron chi connectivity index (χ0n) is 16.2. The zero-order chi connectivity index (χ0) is 19.7. The minimum absolute atomic E-state index is 0.426. The van der Waals surface area contributed by atoms with E-state index in [0.29, 0.717) is 23.9 Å². The largest absolute Gasteiger partial charge is 0.282 e. The van der Waals surface area contributed by atoms with Crippen LogP contribution < -0.4 is 0 Å². The summed E-state index contributed by atoms with van der Waals surface area (Å²) in [5.41, 5.74) is 3.09. The number of sulfonamides is 1. The fourth-order valence-corrected chi connectivity index (χ4v) is 6.82. The minimum atomic E-state index is -3.46. The predicted octanol–water partition coefficient (Wildman–Crippen LogP) is 4.40. The van der Waals surface area contributed by atoms with Gasteiger partial charge in [0.1, 0.15) is 5.69 Å². The molecule has 1 aliphatic rings. The molecular weight excluding hydrogens is 390 g/mol. The highest BCUT2D eigenvalue weighted by molar-refractivity contribution is 7.89. The Labute approximate surface area is 170 Å². The fourth-order valence-electron chi connectivity index (χ4n) is 3.83. The van der Waals surface area contributed by atoms with Crippen molar-refractivity contribution in [2.75, 3.05) is 13.1 Å².